The van der Waals surface area contributed by atoms with Gasteiger partial charge in [0, 0.05) is 0 Å². The van der Waals surface area contributed by atoms with Crippen LogP contribution in [0.2, 0.25) is 0 Å². The Morgan fingerprint density at radius 3 is 2.23 bits per heavy atom. The summed E-state index contributed by atoms with van der Waals surface area (Å²) in [5.74, 6) is -0.511. The van der Waals surface area contributed by atoms with Crippen molar-refractivity contribution < 1.29 is 19.3 Å². The third-order valence-corrected chi connectivity index (χ3v) is 0.919. The monoisotopic (exact) mass is 190 g/mol. The maximum atomic E-state index is 10.9. The van der Waals surface area contributed by atoms with E-state index in [1.165, 1.54) is 0 Å². The Bertz CT molecular complexity index is 157. The van der Waals surface area contributed by atoms with Gasteiger partial charge in [-0.05, 0) is 34.6 Å². The second kappa shape index (κ2) is 5.19. The van der Waals surface area contributed by atoms with Crippen molar-refractivity contribution in [1.82, 2.24) is 0 Å². The number of hydrogen-bond donors (Lipinski definition) is 0. The molecule has 0 aromatic carbocycles. The van der Waals surface area contributed by atoms with Gasteiger partial charge in [-0.25, -0.2) is 4.79 Å². The zero-order valence-electron chi connectivity index (χ0n) is 8.92. The standard InChI is InChI=1S/C9H18O4/c1-7(2)11-6-8(10)12-13-9(3,4)5/h7H,6H2,1-5H3. The first kappa shape index (κ1) is 12.4. The fourth-order valence-electron chi connectivity index (χ4n) is 0.430. The van der Waals surface area contributed by atoms with E-state index in [1.54, 1.807) is 20.8 Å². The largest absolute Gasteiger partial charge is 0.367 e. The molecule has 0 saturated heterocycles. The second-order valence-corrected chi connectivity index (χ2v) is 4.01. The number of hydrogen-bond acceptors (Lipinski definition) is 4. The molecule has 4 nitrogen and oxygen atoms in total. The fraction of sp³-hybridized carbons (Fsp3) is 0.889. The van der Waals surface area contributed by atoms with E-state index in [0.29, 0.717) is 0 Å². The van der Waals surface area contributed by atoms with Crippen molar-refractivity contribution in [3.8, 4) is 0 Å². The third-order valence-electron chi connectivity index (χ3n) is 0.919. The van der Waals surface area contributed by atoms with E-state index in [-0.39, 0.29) is 12.7 Å². The third kappa shape index (κ3) is 9.30. The van der Waals surface area contributed by atoms with Crippen LogP contribution in [0.25, 0.3) is 0 Å². The number of carbonyl (C=O) groups excluding carboxylic acids is 1. The summed E-state index contributed by atoms with van der Waals surface area (Å²) >= 11 is 0. The predicted octanol–water partition coefficient (Wildman–Crippen LogP) is 1.68. The van der Waals surface area contributed by atoms with Gasteiger partial charge >= 0.3 is 5.97 Å². The first-order valence-corrected chi connectivity index (χ1v) is 4.31. The normalized spacial score (nSPS) is 11.8. The molecular weight excluding hydrogens is 172 g/mol. The molecule has 0 aromatic heterocycles. The summed E-state index contributed by atoms with van der Waals surface area (Å²) in [6, 6.07) is 0. The summed E-state index contributed by atoms with van der Waals surface area (Å²) in [4.78, 5) is 20.2. The van der Waals surface area contributed by atoms with Gasteiger partial charge < -0.3 is 4.74 Å². The predicted molar refractivity (Wildman–Crippen MR) is 48.0 cm³/mol. The smallest absolute Gasteiger partial charge is 0.367 e. The van der Waals surface area contributed by atoms with Crippen LogP contribution in [0.4, 0.5) is 0 Å². The Hall–Kier alpha value is -0.610. The van der Waals surface area contributed by atoms with Crippen LogP contribution in [0, 0.1) is 0 Å². The molecule has 13 heavy (non-hydrogen) atoms. The molecule has 0 aromatic rings. The minimum atomic E-state index is -0.511. The first-order valence-electron chi connectivity index (χ1n) is 4.31. The molecule has 0 bridgehead atoms. The van der Waals surface area contributed by atoms with Gasteiger partial charge in [0.2, 0.25) is 0 Å². The van der Waals surface area contributed by atoms with Gasteiger partial charge in [0.25, 0.3) is 0 Å². The summed E-state index contributed by atoms with van der Waals surface area (Å²) < 4.78 is 5.01. The van der Waals surface area contributed by atoms with Gasteiger partial charge in [-0.15, -0.1) is 0 Å². The average molecular weight is 190 g/mol. The van der Waals surface area contributed by atoms with Crippen molar-refractivity contribution in [2.45, 2.75) is 46.3 Å². The molecule has 0 fully saturated rings. The summed E-state index contributed by atoms with van der Waals surface area (Å²) in [6.45, 7) is 9.00. The second-order valence-electron chi connectivity index (χ2n) is 4.01. The lowest BCUT2D eigenvalue weighted by Gasteiger charge is -2.16. The zero-order chi connectivity index (χ0) is 10.5. The number of rotatable bonds is 4. The molecule has 78 valence electrons. The van der Waals surface area contributed by atoms with Gasteiger partial charge in [-0.2, -0.15) is 4.89 Å². The van der Waals surface area contributed by atoms with E-state index in [1.807, 2.05) is 13.8 Å². The van der Waals surface area contributed by atoms with E-state index in [0.717, 1.165) is 0 Å². The molecule has 0 unspecified atom stereocenters. The maximum Gasteiger partial charge on any atom is 0.367 e. The van der Waals surface area contributed by atoms with Gasteiger partial charge in [0.05, 0.1) is 6.10 Å². The number of carbonyl (C=O) groups is 1. The molecule has 0 aliphatic heterocycles. The molecule has 0 spiro atoms. The minimum Gasteiger partial charge on any atom is -0.367 e. The summed E-state index contributed by atoms with van der Waals surface area (Å²) in [7, 11) is 0. The fourth-order valence-corrected chi connectivity index (χ4v) is 0.430. The van der Waals surface area contributed by atoms with Crippen molar-refractivity contribution in [2.24, 2.45) is 0 Å². The highest BCUT2D eigenvalue weighted by molar-refractivity contribution is 5.69. The zero-order valence-corrected chi connectivity index (χ0v) is 8.92. The Morgan fingerprint density at radius 1 is 1.31 bits per heavy atom. The lowest BCUT2D eigenvalue weighted by Crippen LogP contribution is -2.24. The molecule has 0 amide bonds. The summed E-state index contributed by atoms with van der Waals surface area (Å²) in [6.07, 6.45) is 0.0159. The van der Waals surface area contributed by atoms with Crippen LogP contribution >= 0.6 is 0 Å². The Kier molecular flexibility index (Phi) is 4.95. The van der Waals surface area contributed by atoms with Crippen molar-refractivity contribution in [1.29, 1.82) is 0 Å². The topological polar surface area (TPSA) is 44.8 Å². The van der Waals surface area contributed by atoms with E-state index < -0.39 is 11.6 Å². The van der Waals surface area contributed by atoms with Crippen molar-refractivity contribution >= 4 is 5.97 Å². The van der Waals surface area contributed by atoms with E-state index in [2.05, 4.69) is 4.89 Å². The molecule has 0 saturated carbocycles. The highest BCUT2D eigenvalue weighted by atomic mass is 17.2. The molecule has 0 atom stereocenters. The van der Waals surface area contributed by atoms with Crippen LogP contribution in [-0.2, 0) is 19.3 Å². The Balaban J connectivity index is 3.53. The van der Waals surface area contributed by atoms with Crippen LogP contribution in [0.15, 0.2) is 0 Å². The minimum absolute atomic E-state index is 0.0159. The molecular formula is C9H18O4. The summed E-state index contributed by atoms with van der Waals surface area (Å²) in [5.41, 5.74) is -0.479. The van der Waals surface area contributed by atoms with Gasteiger partial charge in [-0.1, -0.05) is 0 Å². The number of ether oxygens (including phenoxy) is 1. The summed E-state index contributed by atoms with van der Waals surface area (Å²) in [5, 5.41) is 0. The first-order chi connectivity index (χ1) is 5.81. The lowest BCUT2D eigenvalue weighted by molar-refractivity contribution is -0.322. The average Bonchev–Trinajstić information content (AvgIpc) is 1.95. The maximum absolute atomic E-state index is 10.9. The van der Waals surface area contributed by atoms with E-state index >= 15 is 0 Å². The van der Waals surface area contributed by atoms with Crippen molar-refractivity contribution in [3.63, 3.8) is 0 Å². The molecule has 0 N–H and O–H groups in total. The quantitative estimate of drug-likeness (QED) is 0.500. The lowest BCUT2D eigenvalue weighted by atomic mass is 10.2. The van der Waals surface area contributed by atoms with Crippen LogP contribution in [0.5, 0.6) is 0 Å². The molecule has 0 aliphatic rings. The Morgan fingerprint density at radius 2 is 1.85 bits per heavy atom. The van der Waals surface area contributed by atoms with E-state index in [9.17, 15) is 4.79 Å². The SMILES string of the molecule is CC(C)OCC(=O)OOC(C)(C)C. The highest BCUT2D eigenvalue weighted by Crippen LogP contribution is 2.07. The molecule has 4 heteroatoms. The molecule has 0 radical (unpaired) electrons. The van der Waals surface area contributed by atoms with Crippen LogP contribution in [-0.4, -0.2) is 24.3 Å². The van der Waals surface area contributed by atoms with Crippen molar-refractivity contribution in [2.75, 3.05) is 6.61 Å². The van der Waals surface area contributed by atoms with Crippen LogP contribution in [0.1, 0.15) is 34.6 Å². The van der Waals surface area contributed by atoms with Gasteiger partial charge in [0.15, 0.2) is 0 Å². The van der Waals surface area contributed by atoms with Crippen LogP contribution in [0.3, 0.4) is 0 Å². The molecule has 0 heterocycles. The van der Waals surface area contributed by atoms with E-state index in [4.69, 9.17) is 9.62 Å². The van der Waals surface area contributed by atoms with Crippen LogP contribution < -0.4 is 0 Å². The van der Waals surface area contributed by atoms with Gasteiger partial charge in [-0.3, -0.25) is 4.89 Å². The molecule has 0 rings (SSSR count). The van der Waals surface area contributed by atoms with Gasteiger partial charge in [0.1, 0.15) is 12.2 Å². The Labute approximate surface area is 79.1 Å². The highest BCUT2D eigenvalue weighted by Gasteiger charge is 2.15. The van der Waals surface area contributed by atoms with Crippen molar-refractivity contribution in [3.05, 3.63) is 0 Å². The molecule has 0 aliphatic carbocycles.